The summed E-state index contributed by atoms with van der Waals surface area (Å²) in [7, 11) is 0. The van der Waals surface area contributed by atoms with Crippen LogP contribution in [-0.2, 0) is 0 Å². The third-order valence-electron chi connectivity index (χ3n) is 1.37. The van der Waals surface area contributed by atoms with E-state index < -0.39 is 5.60 Å². The van der Waals surface area contributed by atoms with Gasteiger partial charge in [0.25, 0.3) is 0 Å². The first kappa shape index (κ1) is 9.63. The largest absolute Gasteiger partial charge is 0.385 e. The van der Waals surface area contributed by atoms with Gasteiger partial charge in [-0.15, -0.1) is 0 Å². The van der Waals surface area contributed by atoms with Crippen LogP contribution in [0, 0.1) is 0 Å². The molecule has 0 spiro atoms. The van der Waals surface area contributed by atoms with Crippen LogP contribution in [0.3, 0.4) is 0 Å². The van der Waals surface area contributed by atoms with Crippen molar-refractivity contribution in [2.24, 2.45) is 4.99 Å². The van der Waals surface area contributed by atoms with Gasteiger partial charge in [-0.3, -0.25) is 4.99 Å². The maximum Gasteiger partial charge on any atom is 0.0962 e. The van der Waals surface area contributed by atoms with Crippen LogP contribution in [0.2, 0.25) is 0 Å². The summed E-state index contributed by atoms with van der Waals surface area (Å²) in [5.41, 5.74) is -0.718. The van der Waals surface area contributed by atoms with E-state index in [0.717, 1.165) is 0 Å². The molecule has 0 fully saturated rings. The van der Waals surface area contributed by atoms with Gasteiger partial charge in [0.2, 0.25) is 0 Å². The topological polar surface area (TPSA) is 32.6 Å². The quantitative estimate of drug-likeness (QED) is 0.598. The fourth-order valence-corrected chi connectivity index (χ4v) is 0.401. The average Bonchev–Trinajstić information content (AvgIpc) is 1.85. The monoisotopic (exact) mass is 143 g/mol. The molecule has 2 nitrogen and oxygen atoms in total. The first-order chi connectivity index (χ1) is 4.48. The van der Waals surface area contributed by atoms with Crippen LogP contribution < -0.4 is 0 Å². The highest BCUT2D eigenvalue weighted by Crippen LogP contribution is 2.04. The molecule has 0 aromatic rings. The minimum atomic E-state index is -0.718. The van der Waals surface area contributed by atoms with Crippen molar-refractivity contribution in [2.45, 2.75) is 45.8 Å². The molecule has 1 atom stereocenters. The number of nitrogens with zero attached hydrogens (tertiary/aromatic N) is 1. The molecule has 0 heterocycles. The second-order valence-electron chi connectivity index (χ2n) is 3.08. The molecule has 1 N–H and O–H groups in total. The second-order valence-corrected chi connectivity index (χ2v) is 3.08. The maximum absolute atomic E-state index is 9.42. The zero-order valence-electron chi connectivity index (χ0n) is 7.26. The van der Waals surface area contributed by atoms with E-state index in [1.807, 2.05) is 20.8 Å². The van der Waals surface area contributed by atoms with Crippen molar-refractivity contribution in [3.05, 3.63) is 0 Å². The second kappa shape index (κ2) is 3.71. The van der Waals surface area contributed by atoms with Crippen molar-refractivity contribution in [3.8, 4) is 0 Å². The Kier molecular flexibility index (Phi) is 3.58. The molecule has 0 saturated heterocycles. The lowest BCUT2D eigenvalue weighted by molar-refractivity contribution is 0.133. The van der Waals surface area contributed by atoms with Crippen molar-refractivity contribution >= 4 is 6.21 Å². The molecule has 0 aromatic heterocycles. The predicted octanol–water partition coefficient (Wildman–Crippen LogP) is 1.63. The standard InChI is InChI=1S/C8H17NO/c1-5-8(4,10)6-9-7(2)3/h6-7,10H,5H2,1-4H3. The minimum absolute atomic E-state index is 0.276. The van der Waals surface area contributed by atoms with E-state index in [1.165, 1.54) is 0 Å². The summed E-state index contributed by atoms with van der Waals surface area (Å²) in [4.78, 5) is 4.09. The molecule has 0 rings (SSSR count). The summed E-state index contributed by atoms with van der Waals surface area (Å²) in [6.45, 7) is 7.68. The highest BCUT2D eigenvalue weighted by Gasteiger charge is 2.12. The molecule has 1 unspecified atom stereocenters. The summed E-state index contributed by atoms with van der Waals surface area (Å²) in [5, 5.41) is 9.42. The molecule has 0 aromatic carbocycles. The Morgan fingerprint density at radius 3 is 2.40 bits per heavy atom. The number of rotatable bonds is 3. The first-order valence-corrected chi connectivity index (χ1v) is 3.74. The van der Waals surface area contributed by atoms with E-state index in [0.29, 0.717) is 6.42 Å². The normalized spacial score (nSPS) is 18.2. The molecular formula is C8H17NO. The Bertz CT molecular complexity index is 116. The number of hydrogen-bond donors (Lipinski definition) is 1. The van der Waals surface area contributed by atoms with E-state index in [9.17, 15) is 5.11 Å². The van der Waals surface area contributed by atoms with Crippen LogP contribution in [0.15, 0.2) is 4.99 Å². The van der Waals surface area contributed by atoms with Crippen LogP contribution in [0.4, 0.5) is 0 Å². The third-order valence-corrected chi connectivity index (χ3v) is 1.37. The van der Waals surface area contributed by atoms with Gasteiger partial charge in [-0.2, -0.15) is 0 Å². The van der Waals surface area contributed by atoms with Gasteiger partial charge in [0, 0.05) is 12.3 Å². The van der Waals surface area contributed by atoms with Crippen LogP contribution >= 0.6 is 0 Å². The van der Waals surface area contributed by atoms with Crippen molar-refractivity contribution in [2.75, 3.05) is 0 Å². The summed E-state index contributed by atoms with van der Waals surface area (Å²) in [6, 6.07) is 0.276. The Morgan fingerprint density at radius 1 is 1.60 bits per heavy atom. The number of aliphatic hydroxyl groups is 1. The minimum Gasteiger partial charge on any atom is -0.385 e. The Morgan fingerprint density at radius 2 is 2.10 bits per heavy atom. The average molecular weight is 143 g/mol. The summed E-state index contributed by atoms with van der Waals surface area (Å²) >= 11 is 0. The van der Waals surface area contributed by atoms with Crippen molar-refractivity contribution in [3.63, 3.8) is 0 Å². The highest BCUT2D eigenvalue weighted by molar-refractivity contribution is 5.67. The zero-order chi connectivity index (χ0) is 8.20. The van der Waals surface area contributed by atoms with Gasteiger partial charge in [0.1, 0.15) is 0 Å². The molecule has 0 aliphatic heterocycles. The molecule has 10 heavy (non-hydrogen) atoms. The van der Waals surface area contributed by atoms with E-state index >= 15 is 0 Å². The Balaban J connectivity index is 3.86. The number of aliphatic imine (C=N–C) groups is 1. The van der Waals surface area contributed by atoms with Gasteiger partial charge in [0.15, 0.2) is 0 Å². The van der Waals surface area contributed by atoms with Crippen molar-refractivity contribution in [1.82, 2.24) is 0 Å². The molecule has 0 bridgehead atoms. The maximum atomic E-state index is 9.42. The SMILES string of the molecule is CCC(C)(O)C=NC(C)C. The summed E-state index contributed by atoms with van der Waals surface area (Å²) in [5.74, 6) is 0. The van der Waals surface area contributed by atoms with Crippen LogP contribution in [0.5, 0.6) is 0 Å². The van der Waals surface area contributed by atoms with Gasteiger partial charge in [-0.1, -0.05) is 6.92 Å². The third kappa shape index (κ3) is 4.50. The molecule has 0 amide bonds. The summed E-state index contributed by atoms with van der Waals surface area (Å²) < 4.78 is 0. The molecule has 0 radical (unpaired) electrons. The van der Waals surface area contributed by atoms with Gasteiger partial charge in [-0.05, 0) is 27.2 Å². The molecule has 60 valence electrons. The molecular weight excluding hydrogens is 126 g/mol. The molecule has 0 aliphatic rings. The lowest BCUT2D eigenvalue weighted by Crippen LogP contribution is -2.24. The number of hydrogen-bond acceptors (Lipinski definition) is 2. The van der Waals surface area contributed by atoms with Crippen LogP contribution in [-0.4, -0.2) is 23.0 Å². The fourth-order valence-electron chi connectivity index (χ4n) is 0.401. The van der Waals surface area contributed by atoms with Crippen LogP contribution in [0.25, 0.3) is 0 Å². The van der Waals surface area contributed by atoms with E-state index in [1.54, 1.807) is 13.1 Å². The molecule has 2 heteroatoms. The highest BCUT2D eigenvalue weighted by atomic mass is 16.3. The lowest BCUT2D eigenvalue weighted by Gasteiger charge is -2.14. The first-order valence-electron chi connectivity index (χ1n) is 3.74. The summed E-state index contributed by atoms with van der Waals surface area (Å²) in [6.07, 6.45) is 2.33. The zero-order valence-corrected chi connectivity index (χ0v) is 7.26. The van der Waals surface area contributed by atoms with Gasteiger partial charge in [0.05, 0.1) is 5.60 Å². The van der Waals surface area contributed by atoms with Crippen molar-refractivity contribution in [1.29, 1.82) is 0 Å². The Labute approximate surface area is 63.0 Å². The smallest absolute Gasteiger partial charge is 0.0962 e. The fraction of sp³-hybridized carbons (Fsp3) is 0.875. The van der Waals surface area contributed by atoms with Crippen molar-refractivity contribution < 1.29 is 5.11 Å². The van der Waals surface area contributed by atoms with Crippen LogP contribution in [0.1, 0.15) is 34.1 Å². The van der Waals surface area contributed by atoms with Gasteiger partial charge in [-0.25, -0.2) is 0 Å². The predicted molar refractivity (Wildman–Crippen MR) is 44.5 cm³/mol. The Hall–Kier alpha value is -0.370. The lowest BCUT2D eigenvalue weighted by atomic mass is 10.1. The van der Waals surface area contributed by atoms with E-state index in [4.69, 9.17) is 0 Å². The van der Waals surface area contributed by atoms with E-state index in [-0.39, 0.29) is 6.04 Å². The van der Waals surface area contributed by atoms with Gasteiger partial charge >= 0.3 is 0 Å². The molecule has 0 saturated carbocycles. The van der Waals surface area contributed by atoms with Gasteiger partial charge < -0.3 is 5.11 Å². The van der Waals surface area contributed by atoms with E-state index in [2.05, 4.69) is 4.99 Å². The molecule has 0 aliphatic carbocycles.